The highest BCUT2D eigenvalue weighted by molar-refractivity contribution is 5.92. The van der Waals surface area contributed by atoms with Crippen LogP contribution in [0.3, 0.4) is 0 Å². The zero-order valence-electron chi connectivity index (χ0n) is 9.60. The number of carboxylic acid groups (broad SMARTS) is 1. The van der Waals surface area contributed by atoms with Gasteiger partial charge in [0.25, 0.3) is 0 Å². The molecule has 0 aromatic heterocycles. The van der Waals surface area contributed by atoms with Crippen molar-refractivity contribution in [2.24, 2.45) is 0 Å². The average molecular weight is 290 g/mol. The smallest absolute Gasteiger partial charge is 0.453 e. The predicted molar refractivity (Wildman–Crippen MR) is 52.6 cm³/mol. The normalized spacial score (nSPS) is 12.1. The molecule has 9 heteroatoms. The van der Waals surface area contributed by atoms with E-state index in [1.165, 1.54) is 0 Å². The molecule has 4 nitrogen and oxygen atoms in total. The molecule has 0 saturated carbocycles. The second-order valence-electron chi connectivity index (χ2n) is 3.62. The number of aliphatic carboxylic acids is 1. The summed E-state index contributed by atoms with van der Waals surface area (Å²) >= 11 is 0. The van der Waals surface area contributed by atoms with Crippen molar-refractivity contribution in [1.29, 1.82) is 0 Å². The van der Waals surface area contributed by atoms with Crippen molar-refractivity contribution < 1.29 is 41.4 Å². The summed E-state index contributed by atoms with van der Waals surface area (Å²) in [5, 5.41) is 8.31. The van der Waals surface area contributed by atoms with Crippen molar-refractivity contribution in [3.8, 4) is 0 Å². The highest BCUT2D eigenvalue weighted by Crippen LogP contribution is 2.38. The average Bonchev–Trinajstić information content (AvgIpc) is 2.21. The second-order valence-corrected chi connectivity index (χ2v) is 3.62. The summed E-state index contributed by atoms with van der Waals surface area (Å²) < 4.78 is 64.4. The lowest BCUT2D eigenvalue weighted by Crippen LogP contribution is -2.36. The Bertz CT molecular complexity index is 361. The number of ether oxygens (including phenoxy) is 1. The molecule has 0 radical (unpaired) electrons. The molecule has 110 valence electrons. The summed E-state index contributed by atoms with van der Waals surface area (Å²) in [5.41, 5.74) is -0.421. The van der Waals surface area contributed by atoms with E-state index >= 15 is 0 Å². The minimum Gasteiger partial charge on any atom is -0.481 e. The maximum absolute atomic E-state index is 12.4. The lowest BCUT2D eigenvalue weighted by molar-refractivity contribution is -0.284. The van der Waals surface area contributed by atoms with Crippen LogP contribution >= 0.6 is 0 Å². The molecule has 19 heavy (non-hydrogen) atoms. The molecule has 0 amide bonds. The van der Waals surface area contributed by atoms with Crippen molar-refractivity contribution in [3.63, 3.8) is 0 Å². The number of rotatable bonds is 7. The van der Waals surface area contributed by atoms with Crippen molar-refractivity contribution in [2.45, 2.75) is 31.4 Å². The van der Waals surface area contributed by atoms with Crippen LogP contribution in [0.15, 0.2) is 12.2 Å². The quantitative estimate of drug-likeness (QED) is 0.339. The molecular weight excluding hydrogens is 279 g/mol. The van der Waals surface area contributed by atoms with Gasteiger partial charge in [0.15, 0.2) is 0 Å². The first-order valence-electron chi connectivity index (χ1n) is 4.98. The van der Waals surface area contributed by atoms with E-state index in [1.54, 1.807) is 0 Å². The fraction of sp³-hybridized carbons (Fsp3) is 0.600. The third-order valence-corrected chi connectivity index (χ3v) is 1.94. The maximum atomic E-state index is 12.4. The number of alkyl halides is 5. The Hall–Kier alpha value is -1.67. The number of halogens is 5. The van der Waals surface area contributed by atoms with E-state index in [0.29, 0.717) is 0 Å². The summed E-state index contributed by atoms with van der Waals surface area (Å²) in [4.78, 5) is 21.2. The van der Waals surface area contributed by atoms with Gasteiger partial charge in [-0.1, -0.05) is 6.58 Å². The lowest BCUT2D eigenvalue weighted by atomic mass is 10.2. The molecular formula is C10H11F5O4. The molecule has 0 aliphatic heterocycles. The monoisotopic (exact) mass is 290 g/mol. The topological polar surface area (TPSA) is 63.6 Å². The number of esters is 1. The highest BCUT2D eigenvalue weighted by atomic mass is 19.4. The van der Waals surface area contributed by atoms with E-state index in [-0.39, 0.29) is 0 Å². The minimum atomic E-state index is -5.65. The van der Waals surface area contributed by atoms with Crippen LogP contribution in [0.4, 0.5) is 22.0 Å². The Labute approximate surface area is 104 Å². The second kappa shape index (κ2) is 6.48. The molecule has 0 aromatic rings. The SMILES string of the molecule is C=C(CC(=O)O)C(=O)OCCCC(F)(F)C(F)(F)F. The first-order valence-corrected chi connectivity index (χ1v) is 4.98. The fourth-order valence-electron chi connectivity index (χ4n) is 0.958. The van der Waals surface area contributed by atoms with Gasteiger partial charge >= 0.3 is 24.0 Å². The molecule has 0 bridgehead atoms. The van der Waals surface area contributed by atoms with Crippen molar-refractivity contribution in [3.05, 3.63) is 12.2 Å². The maximum Gasteiger partial charge on any atom is 0.453 e. The largest absolute Gasteiger partial charge is 0.481 e. The number of hydrogen-bond acceptors (Lipinski definition) is 3. The van der Waals surface area contributed by atoms with Crippen LogP contribution in [0.25, 0.3) is 0 Å². The van der Waals surface area contributed by atoms with Crippen molar-refractivity contribution in [1.82, 2.24) is 0 Å². The zero-order valence-corrected chi connectivity index (χ0v) is 9.60. The first-order chi connectivity index (χ1) is 8.47. The summed E-state index contributed by atoms with van der Waals surface area (Å²) in [5.74, 6) is -7.33. The van der Waals surface area contributed by atoms with Crippen molar-refractivity contribution >= 4 is 11.9 Å². The highest BCUT2D eigenvalue weighted by Gasteiger charge is 2.56. The molecule has 0 atom stereocenters. The van der Waals surface area contributed by atoms with Gasteiger partial charge in [-0.25, -0.2) is 4.79 Å². The summed E-state index contributed by atoms with van der Waals surface area (Å²) in [6, 6.07) is 0. The van der Waals surface area contributed by atoms with Gasteiger partial charge < -0.3 is 9.84 Å². The van der Waals surface area contributed by atoms with Crippen LogP contribution in [-0.4, -0.2) is 35.8 Å². The number of carboxylic acids is 1. The van der Waals surface area contributed by atoms with Gasteiger partial charge in [-0.05, 0) is 6.42 Å². The third kappa shape index (κ3) is 6.16. The molecule has 1 N–H and O–H groups in total. The van der Waals surface area contributed by atoms with Gasteiger partial charge in [0.2, 0.25) is 0 Å². The van der Waals surface area contributed by atoms with Crippen LogP contribution in [0.5, 0.6) is 0 Å². The molecule has 0 spiro atoms. The fourth-order valence-corrected chi connectivity index (χ4v) is 0.958. The Morgan fingerprint density at radius 3 is 2.11 bits per heavy atom. The lowest BCUT2D eigenvalue weighted by Gasteiger charge is -2.19. The van der Waals surface area contributed by atoms with Gasteiger partial charge in [0.05, 0.1) is 13.0 Å². The Balaban J connectivity index is 4.03. The van der Waals surface area contributed by atoms with Gasteiger partial charge in [-0.15, -0.1) is 0 Å². The molecule has 0 rings (SSSR count). The number of carbonyl (C=O) groups excluding carboxylic acids is 1. The van der Waals surface area contributed by atoms with Crippen LogP contribution in [0.2, 0.25) is 0 Å². The van der Waals surface area contributed by atoms with E-state index in [9.17, 15) is 31.5 Å². The number of hydrogen-bond donors (Lipinski definition) is 1. The van der Waals surface area contributed by atoms with E-state index in [2.05, 4.69) is 11.3 Å². The van der Waals surface area contributed by atoms with Crippen LogP contribution in [0, 0.1) is 0 Å². The molecule has 0 aromatic carbocycles. The van der Waals surface area contributed by atoms with Crippen molar-refractivity contribution in [2.75, 3.05) is 6.61 Å². The molecule has 0 unspecified atom stereocenters. The van der Waals surface area contributed by atoms with Crippen LogP contribution in [0.1, 0.15) is 19.3 Å². The van der Waals surface area contributed by atoms with Gasteiger partial charge in [0.1, 0.15) is 0 Å². The molecule has 0 heterocycles. The van der Waals surface area contributed by atoms with Gasteiger partial charge in [0, 0.05) is 12.0 Å². The summed E-state index contributed by atoms with van der Waals surface area (Å²) in [6.45, 7) is 2.40. The first kappa shape index (κ1) is 17.3. The minimum absolute atomic E-state index is 0.421. The van der Waals surface area contributed by atoms with Gasteiger partial charge in [-0.2, -0.15) is 22.0 Å². The van der Waals surface area contributed by atoms with E-state index in [1.807, 2.05) is 0 Å². The van der Waals surface area contributed by atoms with Crippen LogP contribution in [-0.2, 0) is 14.3 Å². The van der Waals surface area contributed by atoms with E-state index < -0.39 is 55.5 Å². The Morgan fingerprint density at radius 1 is 1.16 bits per heavy atom. The molecule has 0 aliphatic rings. The predicted octanol–water partition coefficient (Wildman–Crippen LogP) is 2.54. The zero-order chi connectivity index (χ0) is 15.3. The van der Waals surface area contributed by atoms with Gasteiger partial charge in [-0.3, -0.25) is 4.79 Å². The number of carbonyl (C=O) groups is 2. The van der Waals surface area contributed by atoms with E-state index in [4.69, 9.17) is 5.11 Å². The van der Waals surface area contributed by atoms with Crippen LogP contribution < -0.4 is 0 Å². The van der Waals surface area contributed by atoms with E-state index in [0.717, 1.165) is 0 Å². The third-order valence-electron chi connectivity index (χ3n) is 1.94. The summed E-state index contributed by atoms with van der Waals surface area (Å²) in [7, 11) is 0. The standard InChI is InChI=1S/C10H11F5O4/c1-6(5-7(16)17)8(18)19-4-2-3-9(11,12)10(13,14)15/h1-5H2,(H,16,17). The molecule has 0 saturated heterocycles. The molecule has 0 fully saturated rings. The summed E-state index contributed by atoms with van der Waals surface area (Å²) in [6.07, 6.45) is -8.57. The Morgan fingerprint density at radius 2 is 1.68 bits per heavy atom. The Kier molecular flexibility index (Phi) is 5.91. The molecule has 0 aliphatic carbocycles.